The Bertz CT molecular complexity index is 883. The molecule has 160 valence electrons. The summed E-state index contributed by atoms with van der Waals surface area (Å²) in [7, 11) is 0. The van der Waals surface area contributed by atoms with Gasteiger partial charge in [-0.05, 0) is 55.7 Å². The lowest BCUT2D eigenvalue weighted by molar-refractivity contribution is -0.116. The van der Waals surface area contributed by atoms with E-state index in [0.717, 1.165) is 25.7 Å². The second kappa shape index (κ2) is 11.2. The van der Waals surface area contributed by atoms with Gasteiger partial charge in [0.05, 0.1) is 11.6 Å². The Morgan fingerprint density at radius 2 is 1.83 bits per heavy atom. The van der Waals surface area contributed by atoms with Crippen LogP contribution in [-0.2, 0) is 4.79 Å². The van der Waals surface area contributed by atoms with E-state index in [-0.39, 0.29) is 17.9 Å². The zero-order valence-electron chi connectivity index (χ0n) is 16.8. The molecule has 2 aromatic carbocycles. The highest BCUT2D eigenvalue weighted by atomic mass is 35.5. The molecule has 1 fully saturated rings. The number of hydrogen-bond acceptors (Lipinski definition) is 3. The number of benzene rings is 2. The SMILES string of the molecule is O=C(CCCOc1ccc(Cl)cc1Cl)Nc1cccc(C(=O)NC2CCCCC2)c1. The lowest BCUT2D eigenvalue weighted by atomic mass is 9.95. The summed E-state index contributed by atoms with van der Waals surface area (Å²) < 4.78 is 5.59. The molecule has 1 aliphatic carbocycles. The van der Waals surface area contributed by atoms with Gasteiger partial charge in [-0.2, -0.15) is 0 Å². The van der Waals surface area contributed by atoms with E-state index in [1.807, 2.05) is 0 Å². The molecule has 2 N–H and O–H groups in total. The molecular formula is C23H26Cl2N2O3. The van der Waals surface area contributed by atoms with Crippen LogP contribution in [0.3, 0.4) is 0 Å². The molecule has 5 nitrogen and oxygen atoms in total. The van der Waals surface area contributed by atoms with E-state index in [1.165, 1.54) is 6.42 Å². The van der Waals surface area contributed by atoms with E-state index in [4.69, 9.17) is 27.9 Å². The average Bonchev–Trinajstić information content (AvgIpc) is 2.73. The number of anilines is 1. The van der Waals surface area contributed by atoms with Crippen LogP contribution in [0, 0.1) is 0 Å². The number of ether oxygens (including phenoxy) is 1. The number of carbonyl (C=O) groups is 2. The summed E-state index contributed by atoms with van der Waals surface area (Å²) in [4.78, 5) is 24.7. The van der Waals surface area contributed by atoms with Crippen LogP contribution in [0.4, 0.5) is 5.69 Å². The van der Waals surface area contributed by atoms with E-state index in [0.29, 0.717) is 46.5 Å². The molecule has 1 saturated carbocycles. The van der Waals surface area contributed by atoms with Crippen molar-refractivity contribution in [3.8, 4) is 5.75 Å². The minimum Gasteiger partial charge on any atom is -0.492 e. The fourth-order valence-corrected chi connectivity index (χ4v) is 3.95. The molecule has 0 bridgehead atoms. The fraction of sp³-hybridized carbons (Fsp3) is 0.391. The number of nitrogens with one attached hydrogen (secondary N) is 2. The lowest BCUT2D eigenvalue weighted by Gasteiger charge is -2.22. The molecule has 3 rings (SSSR count). The third-order valence-corrected chi connectivity index (χ3v) is 5.58. The Hall–Kier alpha value is -2.24. The quantitative estimate of drug-likeness (QED) is 0.497. The normalized spacial score (nSPS) is 14.2. The second-order valence-corrected chi connectivity index (χ2v) is 8.31. The highest BCUT2D eigenvalue weighted by Crippen LogP contribution is 2.27. The molecule has 0 atom stereocenters. The highest BCUT2D eigenvalue weighted by Gasteiger charge is 2.17. The van der Waals surface area contributed by atoms with Crippen LogP contribution in [-0.4, -0.2) is 24.5 Å². The first-order valence-electron chi connectivity index (χ1n) is 10.3. The zero-order chi connectivity index (χ0) is 21.3. The first-order valence-corrected chi connectivity index (χ1v) is 11.1. The summed E-state index contributed by atoms with van der Waals surface area (Å²) in [6.45, 7) is 0.360. The summed E-state index contributed by atoms with van der Waals surface area (Å²) >= 11 is 11.9. The number of hydrogen-bond donors (Lipinski definition) is 2. The van der Waals surface area contributed by atoms with Crippen molar-refractivity contribution in [1.82, 2.24) is 5.32 Å². The minimum absolute atomic E-state index is 0.0914. The predicted octanol–water partition coefficient (Wildman–Crippen LogP) is 5.85. The molecule has 0 heterocycles. The molecule has 30 heavy (non-hydrogen) atoms. The second-order valence-electron chi connectivity index (χ2n) is 7.46. The van der Waals surface area contributed by atoms with Crippen LogP contribution in [0.5, 0.6) is 5.75 Å². The van der Waals surface area contributed by atoms with E-state index >= 15 is 0 Å². The van der Waals surface area contributed by atoms with Crippen molar-refractivity contribution >= 4 is 40.7 Å². The van der Waals surface area contributed by atoms with Gasteiger partial charge in [0.2, 0.25) is 5.91 Å². The molecule has 0 saturated heterocycles. The standard InChI is InChI=1S/C23H26Cl2N2O3/c24-17-11-12-21(20(25)15-17)30-13-5-10-22(28)26-19-9-4-6-16(14-19)23(29)27-18-7-2-1-3-8-18/h4,6,9,11-12,14-15,18H,1-3,5,7-8,10,13H2,(H,26,28)(H,27,29). The van der Waals surface area contributed by atoms with Crippen molar-refractivity contribution in [2.24, 2.45) is 0 Å². The molecular weight excluding hydrogens is 423 g/mol. The van der Waals surface area contributed by atoms with Gasteiger partial charge in [-0.25, -0.2) is 0 Å². The van der Waals surface area contributed by atoms with Crippen molar-refractivity contribution in [3.05, 3.63) is 58.1 Å². The van der Waals surface area contributed by atoms with Crippen molar-refractivity contribution in [1.29, 1.82) is 0 Å². The molecule has 0 aromatic heterocycles. The maximum Gasteiger partial charge on any atom is 0.251 e. The number of carbonyl (C=O) groups excluding carboxylic acids is 2. The Labute approximate surface area is 187 Å². The maximum atomic E-state index is 12.5. The van der Waals surface area contributed by atoms with E-state index in [9.17, 15) is 9.59 Å². The molecule has 0 radical (unpaired) electrons. The highest BCUT2D eigenvalue weighted by molar-refractivity contribution is 6.35. The topological polar surface area (TPSA) is 67.4 Å². The fourth-order valence-electron chi connectivity index (χ4n) is 3.48. The van der Waals surface area contributed by atoms with Gasteiger partial charge in [-0.3, -0.25) is 9.59 Å². The maximum absolute atomic E-state index is 12.5. The van der Waals surface area contributed by atoms with Crippen molar-refractivity contribution in [2.75, 3.05) is 11.9 Å². The Kier molecular flexibility index (Phi) is 8.40. The first kappa shape index (κ1) is 22.4. The van der Waals surface area contributed by atoms with Gasteiger partial charge in [0.1, 0.15) is 5.75 Å². The molecule has 0 spiro atoms. The Morgan fingerprint density at radius 3 is 2.60 bits per heavy atom. The summed E-state index contributed by atoms with van der Waals surface area (Å²) in [5.74, 6) is 0.315. The third-order valence-electron chi connectivity index (χ3n) is 5.05. The van der Waals surface area contributed by atoms with Crippen LogP contribution < -0.4 is 15.4 Å². The third kappa shape index (κ3) is 6.92. The van der Waals surface area contributed by atoms with Gasteiger partial charge in [0, 0.05) is 28.7 Å². The van der Waals surface area contributed by atoms with Gasteiger partial charge >= 0.3 is 0 Å². The van der Waals surface area contributed by atoms with E-state index in [2.05, 4.69) is 10.6 Å². The number of rotatable bonds is 8. The summed E-state index contributed by atoms with van der Waals surface area (Å²) in [6.07, 6.45) is 6.46. The zero-order valence-corrected chi connectivity index (χ0v) is 18.3. The van der Waals surface area contributed by atoms with Gasteiger partial charge in [0.25, 0.3) is 5.91 Å². The summed E-state index contributed by atoms with van der Waals surface area (Å²) in [5, 5.41) is 6.92. The molecule has 2 aromatic rings. The predicted molar refractivity (Wildman–Crippen MR) is 121 cm³/mol. The smallest absolute Gasteiger partial charge is 0.251 e. The van der Waals surface area contributed by atoms with Gasteiger partial charge < -0.3 is 15.4 Å². The van der Waals surface area contributed by atoms with Gasteiger partial charge in [-0.15, -0.1) is 0 Å². The minimum atomic E-state index is -0.134. The van der Waals surface area contributed by atoms with Crippen LogP contribution in [0.25, 0.3) is 0 Å². The first-order chi connectivity index (χ1) is 14.5. The Morgan fingerprint density at radius 1 is 1.03 bits per heavy atom. The molecule has 2 amide bonds. The van der Waals surface area contributed by atoms with Crippen molar-refractivity contribution in [3.63, 3.8) is 0 Å². The lowest BCUT2D eigenvalue weighted by Crippen LogP contribution is -2.36. The van der Waals surface area contributed by atoms with Gasteiger partial charge in [0.15, 0.2) is 0 Å². The molecule has 1 aliphatic rings. The summed E-state index contributed by atoms with van der Waals surface area (Å²) in [6, 6.07) is 12.3. The van der Waals surface area contributed by atoms with Gasteiger partial charge in [-0.1, -0.05) is 48.5 Å². The number of halogens is 2. The van der Waals surface area contributed by atoms with Crippen LogP contribution >= 0.6 is 23.2 Å². The average molecular weight is 449 g/mol. The largest absolute Gasteiger partial charge is 0.492 e. The van der Waals surface area contributed by atoms with Crippen molar-refractivity contribution < 1.29 is 14.3 Å². The van der Waals surface area contributed by atoms with Crippen molar-refractivity contribution in [2.45, 2.75) is 51.0 Å². The van der Waals surface area contributed by atoms with E-state index in [1.54, 1.807) is 42.5 Å². The van der Waals surface area contributed by atoms with Crippen LogP contribution in [0.2, 0.25) is 10.0 Å². The number of amides is 2. The summed E-state index contributed by atoms with van der Waals surface area (Å²) in [5.41, 5.74) is 1.16. The molecule has 7 heteroatoms. The Balaban J connectivity index is 1.43. The molecule has 0 unspecified atom stereocenters. The monoisotopic (exact) mass is 448 g/mol. The molecule has 0 aliphatic heterocycles. The van der Waals surface area contributed by atoms with E-state index < -0.39 is 0 Å². The van der Waals surface area contributed by atoms with Crippen LogP contribution in [0.1, 0.15) is 55.3 Å². The van der Waals surface area contributed by atoms with Crippen LogP contribution in [0.15, 0.2) is 42.5 Å².